The Morgan fingerprint density at radius 3 is 2.44 bits per heavy atom. The lowest BCUT2D eigenvalue weighted by Crippen LogP contribution is -2.36. The third-order valence-corrected chi connectivity index (χ3v) is 4.67. The van der Waals surface area contributed by atoms with Crippen molar-refractivity contribution in [3.8, 4) is 0 Å². The van der Waals surface area contributed by atoms with Crippen molar-refractivity contribution in [2.45, 2.75) is 31.7 Å². The Morgan fingerprint density at radius 2 is 1.72 bits per heavy atom. The Kier molecular flexibility index (Phi) is 5.12. The highest BCUT2D eigenvalue weighted by Gasteiger charge is 2.26. The maximum absolute atomic E-state index is 14.1. The predicted molar refractivity (Wildman–Crippen MR) is 91.6 cm³/mol. The molecule has 1 amide bonds. The summed E-state index contributed by atoms with van der Waals surface area (Å²) in [6.45, 7) is 1.12. The number of amides is 1. The Morgan fingerprint density at radius 1 is 1.04 bits per heavy atom. The largest absolute Gasteiger partial charge is 0.481 e. The SMILES string of the molecule is O=C(O)CC(CC(=O)N1CCc2ccccc2C1)c1ccccc1F. The van der Waals surface area contributed by atoms with E-state index in [-0.39, 0.29) is 24.3 Å². The van der Waals surface area contributed by atoms with Gasteiger partial charge in [-0.1, -0.05) is 42.5 Å². The summed E-state index contributed by atoms with van der Waals surface area (Å²) in [5.74, 6) is -2.30. The average molecular weight is 341 g/mol. The van der Waals surface area contributed by atoms with Gasteiger partial charge in [-0.05, 0) is 29.2 Å². The molecule has 0 saturated heterocycles. The van der Waals surface area contributed by atoms with Gasteiger partial charge < -0.3 is 10.0 Å². The molecule has 0 spiro atoms. The topological polar surface area (TPSA) is 57.6 Å². The highest BCUT2D eigenvalue weighted by molar-refractivity contribution is 5.79. The molecule has 2 aromatic carbocycles. The van der Waals surface area contributed by atoms with Crippen molar-refractivity contribution < 1.29 is 19.1 Å². The third-order valence-electron chi connectivity index (χ3n) is 4.67. The van der Waals surface area contributed by atoms with Gasteiger partial charge in [-0.25, -0.2) is 4.39 Å². The Balaban J connectivity index is 1.75. The zero-order chi connectivity index (χ0) is 17.8. The minimum Gasteiger partial charge on any atom is -0.481 e. The van der Waals surface area contributed by atoms with E-state index in [1.54, 1.807) is 23.1 Å². The van der Waals surface area contributed by atoms with Crippen LogP contribution in [-0.4, -0.2) is 28.4 Å². The molecule has 1 aliphatic heterocycles. The number of carboxylic acids is 1. The first-order valence-electron chi connectivity index (χ1n) is 8.35. The fourth-order valence-corrected chi connectivity index (χ4v) is 3.36. The van der Waals surface area contributed by atoms with E-state index in [4.69, 9.17) is 5.11 Å². The monoisotopic (exact) mass is 341 g/mol. The van der Waals surface area contributed by atoms with Gasteiger partial charge in [0.2, 0.25) is 5.91 Å². The number of fused-ring (bicyclic) bond motifs is 1. The first-order valence-corrected chi connectivity index (χ1v) is 8.35. The van der Waals surface area contributed by atoms with Crippen molar-refractivity contribution in [3.63, 3.8) is 0 Å². The van der Waals surface area contributed by atoms with Crippen molar-refractivity contribution >= 4 is 11.9 Å². The summed E-state index contributed by atoms with van der Waals surface area (Å²) in [7, 11) is 0. The highest BCUT2D eigenvalue weighted by atomic mass is 19.1. The highest BCUT2D eigenvalue weighted by Crippen LogP contribution is 2.28. The lowest BCUT2D eigenvalue weighted by atomic mass is 9.91. The fraction of sp³-hybridized carbons (Fsp3) is 0.300. The van der Waals surface area contributed by atoms with Gasteiger partial charge in [-0.3, -0.25) is 9.59 Å². The van der Waals surface area contributed by atoms with Crippen molar-refractivity contribution in [1.29, 1.82) is 0 Å². The van der Waals surface area contributed by atoms with E-state index in [0.717, 1.165) is 12.0 Å². The maximum atomic E-state index is 14.1. The molecule has 5 heteroatoms. The number of carbonyl (C=O) groups is 2. The molecular formula is C20H20FNO3. The van der Waals surface area contributed by atoms with Gasteiger partial charge >= 0.3 is 5.97 Å². The molecule has 1 N–H and O–H groups in total. The van der Waals surface area contributed by atoms with Gasteiger partial charge in [0.15, 0.2) is 0 Å². The van der Waals surface area contributed by atoms with Gasteiger partial charge in [-0.2, -0.15) is 0 Å². The minimum absolute atomic E-state index is 0.00456. The molecule has 130 valence electrons. The molecule has 0 saturated carbocycles. The molecule has 4 nitrogen and oxygen atoms in total. The number of halogens is 1. The number of rotatable bonds is 5. The van der Waals surface area contributed by atoms with Crippen LogP contribution in [0.4, 0.5) is 4.39 Å². The second-order valence-electron chi connectivity index (χ2n) is 6.35. The van der Waals surface area contributed by atoms with E-state index >= 15 is 0 Å². The lowest BCUT2D eigenvalue weighted by Gasteiger charge is -2.30. The van der Waals surface area contributed by atoms with E-state index in [1.807, 2.05) is 18.2 Å². The van der Waals surface area contributed by atoms with Gasteiger partial charge in [0.05, 0.1) is 6.42 Å². The number of carbonyl (C=O) groups excluding carboxylic acids is 1. The summed E-state index contributed by atoms with van der Waals surface area (Å²) < 4.78 is 14.1. The molecule has 1 atom stereocenters. The average Bonchev–Trinajstić information content (AvgIpc) is 2.60. The molecule has 1 aliphatic rings. The third kappa shape index (κ3) is 4.05. The molecule has 1 unspecified atom stereocenters. The van der Waals surface area contributed by atoms with Crippen molar-refractivity contribution in [1.82, 2.24) is 4.90 Å². The van der Waals surface area contributed by atoms with E-state index in [9.17, 15) is 14.0 Å². The van der Waals surface area contributed by atoms with E-state index in [0.29, 0.717) is 13.1 Å². The van der Waals surface area contributed by atoms with Gasteiger partial charge in [0.25, 0.3) is 0 Å². The van der Waals surface area contributed by atoms with Crippen LogP contribution in [0.15, 0.2) is 48.5 Å². The van der Waals surface area contributed by atoms with E-state index in [2.05, 4.69) is 6.07 Å². The van der Waals surface area contributed by atoms with Crippen LogP contribution in [-0.2, 0) is 22.6 Å². The first-order chi connectivity index (χ1) is 12.0. The Bertz CT molecular complexity index is 790. The summed E-state index contributed by atoms with van der Waals surface area (Å²) in [6.07, 6.45) is 0.512. The Labute approximate surface area is 145 Å². The first kappa shape index (κ1) is 17.1. The molecule has 0 aromatic heterocycles. The molecule has 0 aliphatic carbocycles. The van der Waals surface area contributed by atoms with Gasteiger partial charge in [0, 0.05) is 25.4 Å². The van der Waals surface area contributed by atoms with Crippen molar-refractivity contribution in [3.05, 3.63) is 71.0 Å². The van der Waals surface area contributed by atoms with Crippen LogP contribution in [0, 0.1) is 5.82 Å². The molecule has 0 radical (unpaired) electrons. The zero-order valence-corrected chi connectivity index (χ0v) is 13.8. The minimum atomic E-state index is -1.04. The van der Waals surface area contributed by atoms with Crippen LogP contribution < -0.4 is 0 Å². The number of aliphatic carboxylic acids is 1. The Hall–Kier alpha value is -2.69. The molecule has 1 heterocycles. The van der Waals surface area contributed by atoms with Crippen molar-refractivity contribution in [2.24, 2.45) is 0 Å². The number of benzene rings is 2. The zero-order valence-electron chi connectivity index (χ0n) is 13.8. The molecular weight excluding hydrogens is 321 g/mol. The van der Waals surface area contributed by atoms with E-state index in [1.165, 1.54) is 11.6 Å². The lowest BCUT2D eigenvalue weighted by molar-refractivity contribution is -0.138. The van der Waals surface area contributed by atoms with E-state index < -0.39 is 17.7 Å². The second kappa shape index (κ2) is 7.47. The number of carboxylic acid groups (broad SMARTS) is 1. The summed E-state index contributed by atoms with van der Waals surface area (Å²) >= 11 is 0. The molecule has 3 rings (SSSR count). The van der Waals surface area contributed by atoms with Gasteiger partial charge in [-0.15, -0.1) is 0 Å². The number of nitrogens with zero attached hydrogens (tertiary/aromatic N) is 1. The summed E-state index contributed by atoms with van der Waals surface area (Å²) in [4.78, 5) is 25.6. The fourth-order valence-electron chi connectivity index (χ4n) is 3.36. The molecule has 0 bridgehead atoms. The quantitative estimate of drug-likeness (QED) is 0.907. The predicted octanol–water partition coefficient (Wildman–Crippen LogP) is 3.36. The summed E-state index contributed by atoms with van der Waals surface area (Å²) in [6, 6.07) is 14.1. The van der Waals surface area contributed by atoms with Crippen LogP contribution in [0.5, 0.6) is 0 Å². The summed E-state index contributed by atoms with van der Waals surface area (Å²) in [5.41, 5.74) is 2.64. The second-order valence-corrected chi connectivity index (χ2v) is 6.35. The van der Waals surface area contributed by atoms with Crippen LogP contribution in [0.2, 0.25) is 0 Å². The van der Waals surface area contributed by atoms with Crippen LogP contribution in [0.3, 0.4) is 0 Å². The molecule has 2 aromatic rings. The van der Waals surface area contributed by atoms with Gasteiger partial charge in [0.1, 0.15) is 5.82 Å². The van der Waals surface area contributed by atoms with Crippen LogP contribution >= 0.6 is 0 Å². The smallest absolute Gasteiger partial charge is 0.303 e. The number of hydrogen-bond acceptors (Lipinski definition) is 2. The standard InChI is InChI=1S/C20H20FNO3/c21-18-8-4-3-7-17(18)16(12-20(24)25)11-19(23)22-10-9-14-5-1-2-6-15(14)13-22/h1-8,16H,9-13H2,(H,24,25). The van der Waals surface area contributed by atoms with Crippen molar-refractivity contribution in [2.75, 3.05) is 6.54 Å². The summed E-state index contributed by atoms with van der Waals surface area (Å²) in [5, 5.41) is 9.14. The van der Waals surface area contributed by atoms with Crippen LogP contribution in [0.1, 0.15) is 35.4 Å². The number of hydrogen-bond donors (Lipinski definition) is 1. The maximum Gasteiger partial charge on any atom is 0.303 e. The normalized spacial score (nSPS) is 14.7. The molecule has 25 heavy (non-hydrogen) atoms. The van der Waals surface area contributed by atoms with Crippen LogP contribution in [0.25, 0.3) is 0 Å². The molecule has 0 fully saturated rings.